The number of ether oxygens (including phenoxy) is 1. The molecular formula is C24H35N2O2+. The maximum absolute atomic E-state index is 12.2. The van der Waals surface area contributed by atoms with Crippen LogP contribution in [0.1, 0.15) is 41.6 Å². The van der Waals surface area contributed by atoms with Gasteiger partial charge < -0.3 is 14.5 Å². The summed E-state index contributed by atoms with van der Waals surface area (Å²) in [5.74, 6) is 0.804. The van der Waals surface area contributed by atoms with Crippen molar-refractivity contribution < 1.29 is 14.0 Å². The van der Waals surface area contributed by atoms with Crippen LogP contribution in [-0.4, -0.2) is 51.2 Å². The highest BCUT2D eigenvalue weighted by atomic mass is 16.5. The van der Waals surface area contributed by atoms with Crippen molar-refractivity contribution in [2.45, 2.75) is 32.1 Å². The number of benzene rings is 2. The van der Waals surface area contributed by atoms with E-state index in [1.807, 2.05) is 24.3 Å². The van der Waals surface area contributed by atoms with Crippen LogP contribution in [0.25, 0.3) is 0 Å². The Kier molecular flexibility index (Phi) is 9.02. The molecule has 28 heavy (non-hydrogen) atoms. The Morgan fingerprint density at radius 1 is 0.893 bits per heavy atom. The minimum absolute atomic E-state index is 0.0196. The second-order valence-electron chi connectivity index (χ2n) is 8.29. The highest BCUT2D eigenvalue weighted by Gasteiger charge is 2.08. The molecule has 4 heteroatoms. The maximum atomic E-state index is 12.2. The van der Waals surface area contributed by atoms with Crippen LogP contribution < -0.4 is 10.1 Å². The molecule has 0 heterocycles. The predicted octanol–water partition coefficient (Wildman–Crippen LogP) is 4.30. The van der Waals surface area contributed by atoms with E-state index >= 15 is 0 Å². The van der Waals surface area contributed by atoms with Gasteiger partial charge >= 0.3 is 0 Å². The second-order valence-corrected chi connectivity index (χ2v) is 8.29. The van der Waals surface area contributed by atoms with Crippen LogP contribution in [-0.2, 0) is 6.42 Å². The normalized spacial score (nSPS) is 11.2. The molecule has 0 spiro atoms. The first-order valence-corrected chi connectivity index (χ1v) is 10.3. The van der Waals surface area contributed by atoms with Crippen LogP contribution in [0, 0.1) is 0 Å². The lowest BCUT2D eigenvalue weighted by Crippen LogP contribution is -2.37. The van der Waals surface area contributed by atoms with Crippen molar-refractivity contribution in [3.8, 4) is 5.75 Å². The zero-order valence-electron chi connectivity index (χ0n) is 17.6. The van der Waals surface area contributed by atoms with E-state index in [-0.39, 0.29) is 5.91 Å². The van der Waals surface area contributed by atoms with E-state index in [0.717, 1.165) is 42.5 Å². The number of hydrogen-bond acceptors (Lipinski definition) is 2. The molecule has 0 saturated heterocycles. The van der Waals surface area contributed by atoms with Crippen LogP contribution in [0.15, 0.2) is 54.6 Å². The van der Waals surface area contributed by atoms with Crippen LogP contribution in [0.5, 0.6) is 5.75 Å². The third-order valence-corrected chi connectivity index (χ3v) is 4.63. The number of quaternary nitrogens is 1. The van der Waals surface area contributed by atoms with Crippen molar-refractivity contribution in [1.82, 2.24) is 5.32 Å². The van der Waals surface area contributed by atoms with Gasteiger partial charge in [-0.1, -0.05) is 30.3 Å². The van der Waals surface area contributed by atoms with Gasteiger partial charge in [-0.3, -0.25) is 4.79 Å². The Hall–Kier alpha value is -2.33. The molecule has 0 aliphatic heterocycles. The molecule has 0 aliphatic rings. The molecule has 2 aromatic rings. The monoisotopic (exact) mass is 383 g/mol. The van der Waals surface area contributed by atoms with Crippen LogP contribution in [0.3, 0.4) is 0 Å². The number of rotatable bonds is 12. The Morgan fingerprint density at radius 3 is 2.29 bits per heavy atom. The SMILES string of the molecule is C[N+](C)(C)CCCNC(=O)c1ccc(OCCCCCc2ccccc2)cc1. The van der Waals surface area contributed by atoms with E-state index in [1.54, 1.807) is 0 Å². The van der Waals surface area contributed by atoms with Gasteiger partial charge in [-0.25, -0.2) is 0 Å². The number of amides is 1. The lowest BCUT2D eigenvalue weighted by atomic mass is 10.1. The summed E-state index contributed by atoms with van der Waals surface area (Å²) in [7, 11) is 6.47. The van der Waals surface area contributed by atoms with Gasteiger partial charge in [0.2, 0.25) is 0 Å². The molecule has 0 saturated carbocycles. The van der Waals surface area contributed by atoms with Gasteiger partial charge in [-0.2, -0.15) is 0 Å². The van der Waals surface area contributed by atoms with Crippen LogP contribution in [0.2, 0.25) is 0 Å². The molecule has 0 atom stereocenters. The molecule has 0 aliphatic carbocycles. The van der Waals surface area contributed by atoms with E-state index in [0.29, 0.717) is 18.7 Å². The fourth-order valence-corrected chi connectivity index (χ4v) is 3.00. The van der Waals surface area contributed by atoms with Gasteiger partial charge in [0.15, 0.2) is 0 Å². The number of hydrogen-bond donors (Lipinski definition) is 1. The van der Waals surface area contributed by atoms with Crippen molar-refractivity contribution in [3.63, 3.8) is 0 Å². The molecule has 0 bridgehead atoms. The Balaban J connectivity index is 1.59. The zero-order chi connectivity index (χ0) is 20.2. The molecule has 0 unspecified atom stereocenters. The average molecular weight is 384 g/mol. The van der Waals surface area contributed by atoms with E-state index in [9.17, 15) is 4.79 Å². The van der Waals surface area contributed by atoms with E-state index in [2.05, 4.69) is 56.8 Å². The number of unbranched alkanes of at least 4 members (excludes halogenated alkanes) is 2. The largest absolute Gasteiger partial charge is 0.494 e. The highest BCUT2D eigenvalue weighted by Crippen LogP contribution is 2.13. The summed E-state index contributed by atoms with van der Waals surface area (Å²) in [6.07, 6.45) is 5.48. The van der Waals surface area contributed by atoms with E-state index < -0.39 is 0 Å². The maximum Gasteiger partial charge on any atom is 0.251 e. The number of aryl methyl sites for hydroxylation is 1. The lowest BCUT2D eigenvalue weighted by molar-refractivity contribution is -0.870. The fraction of sp³-hybridized carbons (Fsp3) is 0.458. The van der Waals surface area contributed by atoms with Crippen molar-refractivity contribution in [3.05, 3.63) is 65.7 Å². The van der Waals surface area contributed by atoms with Gasteiger partial charge in [0.05, 0.1) is 34.3 Å². The van der Waals surface area contributed by atoms with E-state index in [4.69, 9.17) is 4.74 Å². The number of nitrogens with one attached hydrogen (secondary N) is 1. The van der Waals surface area contributed by atoms with Gasteiger partial charge in [0, 0.05) is 18.5 Å². The summed E-state index contributed by atoms with van der Waals surface area (Å²) in [6, 6.07) is 18.0. The third-order valence-electron chi connectivity index (χ3n) is 4.63. The van der Waals surface area contributed by atoms with Crippen LogP contribution in [0.4, 0.5) is 0 Å². The summed E-state index contributed by atoms with van der Waals surface area (Å²) in [6.45, 7) is 2.46. The number of carbonyl (C=O) groups is 1. The molecule has 1 N–H and O–H groups in total. The quantitative estimate of drug-likeness (QED) is 0.438. The van der Waals surface area contributed by atoms with Gasteiger partial charge in [-0.05, 0) is 55.5 Å². The minimum Gasteiger partial charge on any atom is -0.494 e. The van der Waals surface area contributed by atoms with Crippen LogP contribution >= 0.6 is 0 Å². The molecule has 2 aromatic carbocycles. The minimum atomic E-state index is -0.0196. The average Bonchev–Trinajstić information content (AvgIpc) is 2.68. The Bertz CT molecular complexity index is 691. The summed E-state index contributed by atoms with van der Waals surface area (Å²) >= 11 is 0. The Morgan fingerprint density at radius 2 is 1.61 bits per heavy atom. The molecule has 4 nitrogen and oxygen atoms in total. The van der Waals surface area contributed by atoms with Gasteiger partial charge in [0.1, 0.15) is 5.75 Å². The molecule has 0 fully saturated rings. The molecule has 1 amide bonds. The molecular weight excluding hydrogens is 348 g/mol. The highest BCUT2D eigenvalue weighted by molar-refractivity contribution is 5.94. The van der Waals surface area contributed by atoms with Crippen molar-refractivity contribution in [1.29, 1.82) is 0 Å². The molecule has 0 radical (unpaired) electrons. The first kappa shape index (κ1) is 22.0. The second kappa shape index (κ2) is 11.5. The predicted molar refractivity (Wildman–Crippen MR) is 116 cm³/mol. The molecule has 0 aromatic heterocycles. The zero-order valence-corrected chi connectivity index (χ0v) is 17.6. The lowest BCUT2D eigenvalue weighted by Gasteiger charge is -2.23. The standard InChI is InChI=1S/C24H34N2O2/c1-26(2,3)19-10-18-25-24(27)22-14-16-23(17-15-22)28-20-9-5-8-13-21-11-6-4-7-12-21/h4,6-7,11-12,14-17H,5,8-10,13,18-20H2,1-3H3/p+1. The number of carbonyl (C=O) groups excluding carboxylic acids is 1. The summed E-state index contributed by atoms with van der Waals surface area (Å²) in [5.41, 5.74) is 2.08. The Labute approximate surface area is 170 Å². The van der Waals surface area contributed by atoms with Crippen molar-refractivity contribution in [2.75, 3.05) is 40.8 Å². The van der Waals surface area contributed by atoms with Gasteiger partial charge in [-0.15, -0.1) is 0 Å². The molecule has 152 valence electrons. The van der Waals surface area contributed by atoms with Crippen molar-refractivity contribution in [2.24, 2.45) is 0 Å². The van der Waals surface area contributed by atoms with E-state index in [1.165, 1.54) is 12.0 Å². The topological polar surface area (TPSA) is 38.3 Å². The fourth-order valence-electron chi connectivity index (χ4n) is 3.00. The third kappa shape index (κ3) is 9.05. The number of nitrogens with zero attached hydrogens (tertiary/aromatic N) is 1. The summed E-state index contributed by atoms with van der Waals surface area (Å²) in [4.78, 5) is 12.2. The first-order chi connectivity index (χ1) is 13.4. The summed E-state index contributed by atoms with van der Waals surface area (Å²) in [5, 5.41) is 2.98. The van der Waals surface area contributed by atoms with Crippen molar-refractivity contribution >= 4 is 5.91 Å². The molecule has 2 rings (SSSR count). The first-order valence-electron chi connectivity index (χ1n) is 10.3. The van der Waals surface area contributed by atoms with Gasteiger partial charge in [0.25, 0.3) is 5.91 Å². The summed E-state index contributed by atoms with van der Waals surface area (Å²) < 4.78 is 6.71. The smallest absolute Gasteiger partial charge is 0.251 e.